The van der Waals surface area contributed by atoms with Gasteiger partial charge in [0.2, 0.25) is 5.88 Å². The number of aromatic carboxylic acids is 1. The minimum Gasteiger partial charge on any atom is -0.481 e. The summed E-state index contributed by atoms with van der Waals surface area (Å²) in [6.07, 6.45) is 1.51. The molecule has 0 spiro atoms. The number of rotatable bonds is 5. The smallest absolute Gasteiger partial charge is 0.335 e. The second-order valence-corrected chi connectivity index (χ2v) is 6.25. The summed E-state index contributed by atoms with van der Waals surface area (Å²) in [4.78, 5) is 14.8. The molecule has 0 radical (unpaired) electrons. The molecule has 0 aliphatic rings. The Kier molecular flexibility index (Phi) is 4.23. The zero-order valence-electron chi connectivity index (χ0n) is 11.2. The summed E-state index contributed by atoms with van der Waals surface area (Å²) in [6.45, 7) is 0. The largest absolute Gasteiger partial charge is 0.481 e. The third kappa shape index (κ3) is 3.38. The van der Waals surface area contributed by atoms with Gasteiger partial charge in [0.25, 0.3) is 0 Å². The van der Waals surface area contributed by atoms with E-state index in [0.717, 1.165) is 0 Å². The van der Waals surface area contributed by atoms with Crippen LogP contribution in [0.4, 0.5) is 0 Å². The van der Waals surface area contributed by atoms with Crippen LogP contribution in [-0.4, -0.2) is 31.6 Å². The molecular formula is C14H13NO5S. The van der Waals surface area contributed by atoms with Gasteiger partial charge in [-0.25, -0.2) is 18.2 Å². The number of pyridine rings is 1. The van der Waals surface area contributed by atoms with Crippen molar-refractivity contribution in [3.05, 3.63) is 53.7 Å². The maximum atomic E-state index is 12.3. The molecule has 0 bridgehead atoms. The van der Waals surface area contributed by atoms with Crippen LogP contribution in [0.2, 0.25) is 0 Å². The van der Waals surface area contributed by atoms with Crippen LogP contribution in [0, 0.1) is 0 Å². The highest BCUT2D eigenvalue weighted by molar-refractivity contribution is 7.90. The van der Waals surface area contributed by atoms with E-state index in [0.29, 0.717) is 5.56 Å². The Bertz CT molecular complexity index is 753. The molecule has 0 saturated heterocycles. The van der Waals surface area contributed by atoms with Crippen molar-refractivity contribution in [1.29, 1.82) is 0 Å². The summed E-state index contributed by atoms with van der Waals surface area (Å²) in [5, 5.41) is 8.81. The Labute approximate surface area is 121 Å². The first-order chi connectivity index (χ1) is 9.94. The highest BCUT2D eigenvalue weighted by atomic mass is 32.2. The molecule has 0 aliphatic carbocycles. The zero-order chi connectivity index (χ0) is 15.5. The number of sulfone groups is 1. The predicted octanol–water partition coefficient (Wildman–Crippen LogP) is 1.76. The van der Waals surface area contributed by atoms with E-state index in [1.54, 1.807) is 12.1 Å². The van der Waals surface area contributed by atoms with Gasteiger partial charge in [-0.05, 0) is 30.3 Å². The average Bonchev–Trinajstić information content (AvgIpc) is 2.47. The van der Waals surface area contributed by atoms with Crippen LogP contribution < -0.4 is 4.74 Å². The van der Waals surface area contributed by atoms with E-state index in [1.807, 2.05) is 0 Å². The molecule has 21 heavy (non-hydrogen) atoms. The fourth-order valence-electron chi connectivity index (χ4n) is 1.81. The van der Waals surface area contributed by atoms with Crippen molar-refractivity contribution in [2.75, 3.05) is 7.11 Å². The topological polar surface area (TPSA) is 93.6 Å². The minimum absolute atomic E-state index is 0.0351. The van der Waals surface area contributed by atoms with Gasteiger partial charge < -0.3 is 9.84 Å². The van der Waals surface area contributed by atoms with Gasteiger partial charge in [0.05, 0.1) is 23.3 Å². The van der Waals surface area contributed by atoms with E-state index in [1.165, 1.54) is 37.6 Å². The van der Waals surface area contributed by atoms with Gasteiger partial charge in [0.15, 0.2) is 9.84 Å². The number of ether oxygens (including phenoxy) is 1. The van der Waals surface area contributed by atoms with Gasteiger partial charge in [0, 0.05) is 11.8 Å². The number of methoxy groups -OCH3 is 1. The van der Waals surface area contributed by atoms with Crippen molar-refractivity contribution >= 4 is 15.8 Å². The van der Waals surface area contributed by atoms with Crippen LogP contribution in [0.1, 0.15) is 15.9 Å². The molecule has 1 N–H and O–H groups in total. The Balaban J connectivity index is 2.32. The second kappa shape index (κ2) is 5.92. The van der Waals surface area contributed by atoms with Crippen LogP contribution in [0.5, 0.6) is 5.88 Å². The average molecular weight is 307 g/mol. The molecule has 6 nitrogen and oxygen atoms in total. The van der Waals surface area contributed by atoms with Crippen molar-refractivity contribution < 1.29 is 23.1 Å². The Morgan fingerprint density at radius 3 is 2.48 bits per heavy atom. The minimum atomic E-state index is -3.60. The van der Waals surface area contributed by atoms with Crippen molar-refractivity contribution in [2.24, 2.45) is 0 Å². The molecule has 7 heteroatoms. The predicted molar refractivity (Wildman–Crippen MR) is 75.1 cm³/mol. The number of aromatic nitrogens is 1. The molecule has 0 fully saturated rings. The van der Waals surface area contributed by atoms with Crippen LogP contribution in [-0.2, 0) is 15.6 Å². The first-order valence-corrected chi connectivity index (χ1v) is 7.63. The lowest BCUT2D eigenvalue weighted by Crippen LogP contribution is -2.07. The van der Waals surface area contributed by atoms with E-state index < -0.39 is 15.8 Å². The number of benzene rings is 1. The standard InChI is InChI=1S/C14H13NO5S/c1-20-13-11(3-2-8-15-13)9-21(18,19)12-6-4-10(5-7-12)14(16)17/h2-8H,9H2,1H3,(H,16,17). The molecule has 2 aromatic rings. The van der Waals surface area contributed by atoms with E-state index in [4.69, 9.17) is 9.84 Å². The number of carboxylic acid groups (broad SMARTS) is 1. The SMILES string of the molecule is COc1ncccc1CS(=O)(=O)c1ccc(C(=O)O)cc1. The lowest BCUT2D eigenvalue weighted by molar-refractivity contribution is 0.0696. The third-order valence-electron chi connectivity index (χ3n) is 2.85. The van der Waals surface area contributed by atoms with E-state index in [-0.39, 0.29) is 22.1 Å². The van der Waals surface area contributed by atoms with Gasteiger partial charge in [-0.2, -0.15) is 0 Å². The molecule has 0 amide bonds. The summed E-state index contributed by atoms with van der Waals surface area (Å²) in [7, 11) is -2.18. The molecule has 1 aromatic carbocycles. The summed E-state index contributed by atoms with van der Waals surface area (Å²) < 4.78 is 29.7. The third-order valence-corrected chi connectivity index (χ3v) is 4.53. The number of nitrogens with zero attached hydrogens (tertiary/aromatic N) is 1. The molecule has 2 rings (SSSR count). The number of carbonyl (C=O) groups is 1. The van der Waals surface area contributed by atoms with Crippen molar-refractivity contribution in [3.63, 3.8) is 0 Å². The second-order valence-electron chi connectivity index (χ2n) is 4.26. The number of hydrogen-bond acceptors (Lipinski definition) is 5. The van der Waals surface area contributed by atoms with Crippen molar-refractivity contribution in [2.45, 2.75) is 10.6 Å². The summed E-state index contributed by atoms with van der Waals surface area (Å²) >= 11 is 0. The molecule has 1 heterocycles. The fourth-order valence-corrected chi connectivity index (χ4v) is 3.16. The first-order valence-electron chi connectivity index (χ1n) is 5.98. The van der Waals surface area contributed by atoms with Gasteiger partial charge in [-0.3, -0.25) is 0 Å². The summed E-state index contributed by atoms with van der Waals surface area (Å²) in [5.74, 6) is -1.12. The molecule has 0 atom stereocenters. The van der Waals surface area contributed by atoms with E-state index in [2.05, 4.69) is 4.98 Å². The van der Waals surface area contributed by atoms with Crippen molar-refractivity contribution in [1.82, 2.24) is 4.98 Å². The summed E-state index contributed by atoms with van der Waals surface area (Å²) in [6, 6.07) is 8.32. The highest BCUT2D eigenvalue weighted by Crippen LogP contribution is 2.22. The quantitative estimate of drug-likeness (QED) is 0.904. The molecule has 1 aromatic heterocycles. The molecule has 0 saturated carbocycles. The zero-order valence-corrected chi connectivity index (χ0v) is 12.0. The fraction of sp³-hybridized carbons (Fsp3) is 0.143. The highest BCUT2D eigenvalue weighted by Gasteiger charge is 2.18. The maximum Gasteiger partial charge on any atom is 0.335 e. The van der Waals surface area contributed by atoms with E-state index >= 15 is 0 Å². The molecule has 0 unspecified atom stereocenters. The Hall–Kier alpha value is -2.41. The Morgan fingerprint density at radius 1 is 1.24 bits per heavy atom. The van der Waals surface area contributed by atoms with Crippen LogP contribution in [0.3, 0.4) is 0 Å². The van der Waals surface area contributed by atoms with Crippen LogP contribution in [0.25, 0.3) is 0 Å². The summed E-state index contributed by atoms with van der Waals surface area (Å²) in [5.41, 5.74) is 0.482. The number of hydrogen-bond donors (Lipinski definition) is 1. The number of carboxylic acids is 1. The lowest BCUT2D eigenvalue weighted by atomic mass is 10.2. The van der Waals surface area contributed by atoms with Gasteiger partial charge in [-0.15, -0.1) is 0 Å². The van der Waals surface area contributed by atoms with Crippen molar-refractivity contribution in [3.8, 4) is 5.88 Å². The Morgan fingerprint density at radius 2 is 1.90 bits per heavy atom. The van der Waals surface area contributed by atoms with Gasteiger partial charge >= 0.3 is 5.97 Å². The first kappa shape index (κ1) is 15.0. The monoisotopic (exact) mass is 307 g/mol. The van der Waals surface area contributed by atoms with Crippen LogP contribution in [0.15, 0.2) is 47.5 Å². The molecule has 110 valence electrons. The maximum absolute atomic E-state index is 12.3. The molecule has 0 aliphatic heterocycles. The van der Waals surface area contributed by atoms with Gasteiger partial charge in [-0.1, -0.05) is 6.07 Å². The van der Waals surface area contributed by atoms with Gasteiger partial charge in [0.1, 0.15) is 0 Å². The normalized spacial score (nSPS) is 11.1. The van der Waals surface area contributed by atoms with E-state index in [9.17, 15) is 13.2 Å². The van der Waals surface area contributed by atoms with Crippen LogP contribution >= 0.6 is 0 Å². The molecular weight excluding hydrogens is 294 g/mol. The lowest BCUT2D eigenvalue weighted by Gasteiger charge is -2.08.